The van der Waals surface area contributed by atoms with Crippen molar-refractivity contribution in [1.82, 2.24) is 10.2 Å². The first kappa shape index (κ1) is 17.0. The number of Topliss-reactive ketones (excluding diaryl/α,β-unsaturated/α-hetero) is 1. The van der Waals surface area contributed by atoms with Crippen LogP contribution >= 0.6 is 12.4 Å². The Morgan fingerprint density at radius 2 is 2.20 bits per heavy atom. The number of nitrogens with one attached hydrogen (secondary N) is 1. The molecule has 0 aromatic heterocycles. The molecule has 0 spiro atoms. The molecule has 1 N–H and O–H groups in total. The second-order valence-electron chi connectivity index (χ2n) is 4.99. The number of benzene rings is 1. The lowest BCUT2D eigenvalue weighted by molar-refractivity contribution is 0.101. The molecule has 1 unspecified atom stereocenters. The Kier molecular flexibility index (Phi) is 6.99. The number of carbonyl (C=O) groups is 1. The van der Waals surface area contributed by atoms with E-state index in [1.54, 1.807) is 6.92 Å². The second kappa shape index (κ2) is 8.25. The van der Waals surface area contributed by atoms with Gasteiger partial charge in [-0.2, -0.15) is 0 Å². The molecule has 1 aromatic carbocycles. The highest BCUT2D eigenvalue weighted by atomic mass is 35.5. The number of hydrogen-bond acceptors (Lipinski definition) is 4. The Labute approximate surface area is 126 Å². The van der Waals surface area contributed by atoms with Crippen LogP contribution in [0.15, 0.2) is 24.3 Å². The van der Waals surface area contributed by atoms with Crippen molar-refractivity contribution in [1.29, 1.82) is 0 Å². The first-order valence-electron chi connectivity index (χ1n) is 6.86. The van der Waals surface area contributed by atoms with Gasteiger partial charge in [-0.15, -0.1) is 12.4 Å². The molecule has 1 atom stereocenters. The van der Waals surface area contributed by atoms with Gasteiger partial charge < -0.3 is 10.1 Å². The molecule has 112 valence electrons. The SMILES string of the molecule is CC(=O)c1ccccc1OCCN1CCNCC1C.Cl. The standard InChI is InChI=1S/C15H22N2O2.ClH/c1-12-11-16-7-8-17(12)9-10-19-15-6-4-3-5-14(15)13(2)18;/h3-6,12,16H,7-11H2,1-2H3;1H. The fraction of sp³-hybridized carbons (Fsp3) is 0.533. The number of hydrogen-bond donors (Lipinski definition) is 1. The van der Waals surface area contributed by atoms with Gasteiger partial charge in [-0.05, 0) is 26.0 Å². The number of carbonyl (C=O) groups excluding carboxylic acids is 1. The third-order valence-corrected chi connectivity index (χ3v) is 3.54. The number of halogens is 1. The topological polar surface area (TPSA) is 41.6 Å². The van der Waals surface area contributed by atoms with Gasteiger partial charge in [0.05, 0.1) is 5.56 Å². The van der Waals surface area contributed by atoms with Gasteiger partial charge in [-0.3, -0.25) is 9.69 Å². The van der Waals surface area contributed by atoms with E-state index in [4.69, 9.17) is 4.74 Å². The van der Waals surface area contributed by atoms with Crippen LogP contribution in [-0.4, -0.2) is 49.5 Å². The minimum atomic E-state index is 0. The van der Waals surface area contributed by atoms with Crippen molar-refractivity contribution in [2.75, 3.05) is 32.8 Å². The zero-order valence-corrected chi connectivity index (χ0v) is 12.9. The maximum atomic E-state index is 11.5. The fourth-order valence-electron chi connectivity index (χ4n) is 2.37. The van der Waals surface area contributed by atoms with Crippen LogP contribution in [0.3, 0.4) is 0 Å². The van der Waals surface area contributed by atoms with E-state index in [0.717, 1.165) is 26.2 Å². The predicted molar refractivity (Wildman–Crippen MR) is 83.1 cm³/mol. The van der Waals surface area contributed by atoms with Crippen molar-refractivity contribution >= 4 is 18.2 Å². The molecule has 0 aliphatic carbocycles. The van der Waals surface area contributed by atoms with Gasteiger partial charge in [0, 0.05) is 32.2 Å². The molecule has 1 aromatic rings. The Bertz CT molecular complexity index is 440. The van der Waals surface area contributed by atoms with E-state index in [1.165, 1.54) is 0 Å². The van der Waals surface area contributed by atoms with Crippen molar-refractivity contribution < 1.29 is 9.53 Å². The van der Waals surface area contributed by atoms with E-state index >= 15 is 0 Å². The quantitative estimate of drug-likeness (QED) is 0.844. The molecule has 0 saturated carbocycles. The Morgan fingerprint density at radius 3 is 2.90 bits per heavy atom. The minimum Gasteiger partial charge on any atom is -0.491 e. The fourth-order valence-corrected chi connectivity index (χ4v) is 2.37. The normalized spacial score (nSPS) is 19.2. The molecule has 0 bridgehead atoms. The molecular weight excluding hydrogens is 276 g/mol. The lowest BCUT2D eigenvalue weighted by Crippen LogP contribution is -2.50. The van der Waals surface area contributed by atoms with Crippen LogP contribution in [0, 0.1) is 0 Å². The average Bonchev–Trinajstić information content (AvgIpc) is 2.41. The number of ether oxygens (including phenoxy) is 1. The first-order chi connectivity index (χ1) is 9.18. The Balaban J connectivity index is 0.00000200. The molecule has 1 aliphatic heterocycles. The van der Waals surface area contributed by atoms with Gasteiger partial charge in [0.15, 0.2) is 5.78 Å². The smallest absolute Gasteiger partial charge is 0.163 e. The molecule has 0 amide bonds. The van der Waals surface area contributed by atoms with Gasteiger partial charge in [0.2, 0.25) is 0 Å². The van der Waals surface area contributed by atoms with Gasteiger partial charge in [-0.1, -0.05) is 12.1 Å². The van der Waals surface area contributed by atoms with Crippen molar-refractivity contribution in [2.24, 2.45) is 0 Å². The van der Waals surface area contributed by atoms with Crippen LogP contribution in [-0.2, 0) is 0 Å². The van der Waals surface area contributed by atoms with Crippen LogP contribution in [0.1, 0.15) is 24.2 Å². The van der Waals surface area contributed by atoms with E-state index in [2.05, 4.69) is 17.1 Å². The summed E-state index contributed by atoms with van der Waals surface area (Å²) in [5.41, 5.74) is 0.663. The van der Waals surface area contributed by atoms with E-state index in [-0.39, 0.29) is 18.2 Å². The number of piperazine rings is 1. The molecule has 20 heavy (non-hydrogen) atoms. The lowest BCUT2D eigenvalue weighted by atomic mass is 10.1. The third-order valence-electron chi connectivity index (χ3n) is 3.54. The molecule has 1 fully saturated rings. The molecule has 2 rings (SSSR count). The maximum absolute atomic E-state index is 11.5. The largest absolute Gasteiger partial charge is 0.491 e. The van der Waals surface area contributed by atoms with Crippen molar-refractivity contribution in [3.63, 3.8) is 0 Å². The summed E-state index contributed by atoms with van der Waals surface area (Å²) in [6.45, 7) is 8.43. The molecule has 4 nitrogen and oxygen atoms in total. The maximum Gasteiger partial charge on any atom is 0.163 e. The van der Waals surface area contributed by atoms with Crippen LogP contribution in [0.4, 0.5) is 0 Å². The van der Waals surface area contributed by atoms with Crippen LogP contribution in [0.2, 0.25) is 0 Å². The number of nitrogens with zero attached hydrogens (tertiary/aromatic N) is 1. The molecule has 5 heteroatoms. The van der Waals surface area contributed by atoms with Gasteiger partial charge in [-0.25, -0.2) is 0 Å². The summed E-state index contributed by atoms with van der Waals surface area (Å²) in [5, 5.41) is 3.37. The summed E-state index contributed by atoms with van der Waals surface area (Å²) < 4.78 is 5.77. The van der Waals surface area contributed by atoms with E-state index in [0.29, 0.717) is 24.0 Å². The highest BCUT2D eigenvalue weighted by molar-refractivity contribution is 5.96. The molecular formula is C15H23ClN2O2. The van der Waals surface area contributed by atoms with E-state index in [9.17, 15) is 4.79 Å². The molecule has 0 radical (unpaired) electrons. The number of rotatable bonds is 5. The van der Waals surface area contributed by atoms with Gasteiger partial charge >= 0.3 is 0 Å². The zero-order valence-electron chi connectivity index (χ0n) is 12.1. The molecule has 1 heterocycles. The minimum absolute atomic E-state index is 0. The summed E-state index contributed by atoms with van der Waals surface area (Å²) in [6, 6.07) is 7.97. The van der Waals surface area contributed by atoms with E-state index in [1.807, 2.05) is 24.3 Å². The average molecular weight is 299 g/mol. The van der Waals surface area contributed by atoms with Gasteiger partial charge in [0.1, 0.15) is 12.4 Å². The lowest BCUT2D eigenvalue weighted by Gasteiger charge is -2.33. The monoisotopic (exact) mass is 298 g/mol. The van der Waals surface area contributed by atoms with Crippen molar-refractivity contribution in [2.45, 2.75) is 19.9 Å². The van der Waals surface area contributed by atoms with E-state index < -0.39 is 0 Å². The highest BCUT2D eigenvalue weighted by Gasteiger charge is 2.17. The number of ketones is 1. The van der Waals surface area contributed by atoms with Crippen LogP contribution in [0.5, 0.6) is 5.75 Å². The highest BCUT2D eigenvalue weighted by Crippen LogP contribution is 2.18. The summed E-state index contributed by atoms with van der Waals surface area (Å²) in [7, 11) is 0. The Hall–Kier alpha value is -1.10. The molecule has 1 saturated heterocycles. The summed E-state index contributed by atoms with van der Waals surface area (Å²) in [6.07, 6.45) is 0. The van der Waals surface area contributed by atoms with Crippen molar-refractivity contribution in [3.8, 4) is 5.75 Å². The molecule has 1 aliphatic rings. The predicted octanol–water partition coefficient (Wildman–Crippen LogP) is 1.98. The second-order valence-corrected chi connectivity index (χ2v) is 4.99. The zero-order chi connectivity index (χ0) is 13.7. The summed E-state index contributed by atoms with van der Waals surface area (Å²) in [4.78, 5) is 13.9. The Morgan fingerprint density at radius 1 is 1.45 bits per heavy atom. The van der Waals surface area contributed by atoms with Crippen LogP contribution < -0.4 is 10.1 Å². The van der Waals surface area contributed by atoms with Crippen LogP contribution in [0.25, 0.3) is 0 Å². The van der Waals surface area contributed by atoms with Gasteiger partial charge in [0.25, 0.3) is 0 Å². The van der Waals surface area contributed by atoms with Crippen molar-refractivity contribution in [3.05, 3.63) is 29.8 Å². The summed E-state index contributed by atoms with van der Waals surface area (Å²) in [5.74, 6) is 0.740. The first-order valence-corrected chi connectivity index (χ1v) is 6.86. The summed E-state index contributed by atoms with van der Waals surface area (Å²) >= 11 is 0. The number of para-hydroxylation sites is 1. The third kappa shape index (κ3) is 4.47.